The van der Waals surface area contributed by atoms with E-state index < -0.39 is 0 Å². The third kappa shape index (κ3) is 4.21. The van der Waals surface area contributed by atoms with Crippen molar-refractivity contribution in [3.05, 3.63) is 47.4 Å². The van der Waals surface area contributed by atoms with Crippen LogP contribution in [0.15, 0.2) is 34.7 Å². The average molecular weight is 384 g/mol. The number of carbonyl (C=O) groups is 2. The highest BCUT2D eigenvalue weighted by molar-refractivity contribution is 5.98. The first-order valence-electron chi connectivity index (χ1n) is 9.66. The average Bonchev–Trinajstić information content (AvgIpc) is 3.11. The monoisotopic (exact) mass is 384 g/mol. The fraction of sp³-hybridized carbons (Fsp3) is 0.455. The molecule has 0 saturated heterocycles. The van der Waals surface area contributed by atoms with E-state index in [1.165, 1.54) is 0 Å². The lowest BCUT2D eigenvalue weighted by molar-refractivity contribution is -0.121. The Morgan fingerprint density at radius 3 is 2.68 bits per heavy atom. The van der Waals surface area contributed by atoms with Crippen LogP contribution in [-0.2, 0) is 16.8 Å². The van der Waals surface area contributed by atoms with Crippen LogP contribution >= 0.6 is 0 Å². The van der Waals surface area contributed by atoms with Crippen LogP contribution in [0.25, 0.3) is 0 Å². The smallest absolute Gasteiger partial charge is 0.287 e. The van der Waals surface area contributed by atoms with E-state index in [4.69, 9.17) is 9.15 Å². The molecule has 0 unspecified atom stereocenters. The molecule has 0 spiro atoms. The maximum Gasteiger partial charge on any atom is 0.287 e. The van der Waals surface area contributed by atoms with Crippen molar-refractivity contribution in [2.75, 3.05) is 11.5 Å². The highest BCUT2D eigenvalue weighted by Gasteiger charge is 2.28. The quantitative estimate of drug-likeness (QED) is 0.845. The van der Waals surface area contributed by atoms with Gasteiger partial charge in [0.05, 0.1) is 12.2 Å². The number of furan rings is 1. The van der Waals surface area contributed by atoms with E-state index in [9.17, 15) is 9.59 Å². The summed E-state index contributed by atoms with van der Waals surface area (Å²) in [5.41, 5.74) is 1.79. The predicted octanol–water partition coefficient (Wildman–Crippen LogP) is 4.03. The molecule has 0 radical (unpaired) electrons. The summed E-state index contributed by atoms with van der Waals surface area (Å²) in [6.45, 7) is 10.6. The molecule has 1 aromatic heterocycles. The summed E-state index contributed by atoms with van der Waals surface area (Å²) in [6.07, 6.45) is 0.842. The van der Waals surface area contributed by atoms with Gasteiger partial charge in [0, 0.05) is 6.04 Å². The maximum atomic E-state index is 12.5. The fourth-order valence-electron chi connectivity index (χ4n) is 2.98. The van der Waals surface area contributed by atoms with E-state index in [1.54, 1.807) is 17.0 Å². The van der Waals surface area contributed by atoms with Crippen LogP contribution in [0.4, 0.5) is 5.69 Å². The van der Waals surface area contributed by atoms with Gasteiger partial charge in [-0.3, -0.25) is 14.5 Å². The van der Waals surface area contributed by atoms with Crippen LogP contribution in [0, 0.1) is 0 Å². The first-order valence-corrected chi connectivity index (χ1v) is 9.66. The third-order valence-electron chi connectivity index (χ3n) is 4.96. The summed E-state index contributed by atoms with van der Waals surface area (Å²) < 4.78 is 11.3. The van der Waals surface area contributed by atoms with Gasteiger partial charge >= 0.3 is 0 Å². The van der Waals surface area contributed by atoms with E-state index in [0.717, 1.165) is 17.7 Å². The van der Waals surface area contributed by atoms with E-state index >= 15 is 0 Å². The van der Waals surface area contributed by atoms with Gasteiger partial charge in [-0.15, -0.1) is 0 Å². The molecule has 0 saturated carbocycles. The Morgan fingerprint density at radius 2 is 2.00 bits per heavy atom. The Hall–Kier alpha value is -2.76. The van der Waals surface area contributed by atoms with Crippen molar-refractivity contribution in [2.24, 2.45) is 0 Å². The van der Waals surface area contributed by atoms with Crippen molar-refractivity contribution < 1.29 is 18.7 Å². The molecule has 1 aromatic carbocycles. The Kier molecular flexibility index (Phi) is 5.49. The lowest BCUT2D eigenvalue weighted by Crippen LogP contribution is -2.38. The highest BCUT2D eigenvalue weighted by atomic mass is 16.5. The Morgan fingerprint density at radius 1 is 1.25 bits per heavy atom. The van der Waals surface area contributed by atoms with Crippen molar-refractivity contribution in [2.45, 2.75) is 59.0 Å². The molecule has 1 N–H and O–H groups in total. The molecule has 2 aromatic rings. The number of nitrogens with zero attached hydrogens (tertiary/aromatic N) is 1. The number of benzene rings is 1. The number of hydrogen-bond acceptors (Lipinski definition) is 4. The summed E-state index contributed by atoms with van der Waals surface area (Å²) in [7, 11) is 0. The first-order chi connectivity index (χ1) is 13.2. The van der Waals surface area contributed by atoms with Crippen molar-refractivity contribution in [3.63, 3.8) is 0 Å². The van der Waals surface area contributed by atoms with Crippen LogP contribution in [0.5, 0.6) is 5.75 Å². The number of rotatable bonds is 5. The SMILES string of the molecule is CC[C@H](C)NC(=O)c1ccc(CN2C(=O)COc3ccc(C(C)(C)C)cc32)o1. The molecular weight excluding hydrogens is 356 g/mol. The Labute approximate surface area is 165 Å². The van der Waals surface area contributed by atoms with Gasteiger partial charge in [-0.05, 0) is 48.6 Å². The predicted molar refractivity (Wildman–Crippen MR) is 108 cm³/mol. The van der Waals surface area contributed by atoms with E-state index in [2.05, 4.69) is 26.1 Å². The molecule has 28 heavy (non-hydrogen) atoms. The largest absolute Gasteiger partial charge is 0.482 e. The zero-order valence-corrected chi connectivity index (χ0v) is 17.2. The lowest BCUT2D eigenvalue weighted by atomic mass is 9.86. The minimum atomic E-state index is -0.246. The molecular formula is C22H28N2O4. The Bertz CT molecular complexity index is 879. The second-order valence-corrected chi connectivity index (χ2v) is 8.25. The van der Waals surface area contributed by atoms with Crippen LogP contribution in [0.3, 0.4) is 0 Å². The molecule has 1 atom stereocenters. The first kappa shape index (κ1) is 20.0. The van der Waals surface area contributed by atoms with Crippen LogP contribution in [0.1, 0.15) is 62.9 Å². The summed E-state index contributed by atoms with van der Waals surface area (Å²) in [5.74, 6) is 1.09. The fourth-order valence-corrected chi connectivity index (χ4v) is 2.98. The van der Waals surface area contributed by atoms with Gasteiger partial charge in [-0.25, -0.2) is 0 Å². The normalized spacial score (nSPS) is 15.0. The van der Waals surface area contributed by atoms with Gasteiger partial charge in [0.2, 0.25) is 0 Å². The van der Waals surface area contributed by atoms with Gasteiger partial charge < -0.3 is 14.5 Å². The minimum absolute atomic E-state index is 0.00999. The molecule has 0 fully saturated rings. The third-order valence-corrected chi connectivity index (χ3v) is 4.96. The molecule has 3 rings (SSSR count). The van der Waals surface area contributed by atoms with Gasteiger partial charge in [0.25, 0.3) is 11.8 Å². The van der Waals surface area contributed by atoms with Crippen LogP contribution in [0.2, 0.25) is 0 Å². The molecule has 0 bridgehead atoms. The van der Waals surface area contributed by atoms with Crippen molar-refractivity contribution in [3.8, 4) is 5.75 Å². The molecule has 1 aliphatic rings. The number of anilines is 1. The van der Waals surface area contributed by atoms with Crippen LogP contribution in [-0.4, -0.2) is 24.5 Å². The molecule has 6 nitrogen and oxygen atoms in total. The summed E-state index contributed by atoms with van der Waals surface area (Å²) in [4.78, 5) is 26.4. The molecule has 1 aliphatic heterocycles. The zero-order chi connectivity index (χ0) is 20.5. The lowest BCUT2D eigenvalue weighted by Gasteiger charge is -2.31. The molecule has 150 valence electrons. The van der Waals surface area contributed by atoms with Gasteiger partial charge in [-0.2, -0.15) is 0 Å². The number of hydrogen-bond donors (Lipinski definition) is 1. The zero-order valence-electron chi connectivity index (χ0n) is 17.2. The van der Waals surface area contributed by atoms with Gasteiger partial charge in [-0.1, -0.05) is 33.8 Å². The second-order valence-electron chi connectivity index (χ2n) is 8.25. The number of carbonyl (C=O) groups excluding carboxylic acids is 2. The summed E-state index contributed by atoms with van der Waals surface area (Å²) in [5, 5.41) is 2.88. The topological polar surface area (TPSA) is 71.8 Å². The minimum Gasteiger partial charge on any atom is -0.482 e. The van der Waals surface area contributed by atoms with Gasteiger partial charge in [0.1, 0.15) is 11.5 Å². The molecule has 0 aliphatic carbocycles. The summed E-state index contributed by atoms with van der Waals surface area (Å²) >= 11 is 0. The number of fused-ring (bicyclic) bond motifs is 1. The van der Waals surface area contributed by atoms with Gasteiger partial charge in [0.15, 0.2) is 12.4 Å². The highest BCUT2D eigenvalue weighted by Crippen LogP contribution is 2.37. The standard InChI is InChI=1S/C22H28N2O4/c1-6-14(2)23-21(26)19-10-8-16(28-19)12-24-17-11-15(22(3,4)5)7-9-18(17)27-13-20(24)25/h7-11,14H,6,12-13H2,1-5H3,(H,23,26)/t14-/m0/s1. The number of amides is 2. The Balaban J connectivity index is 1.84. The maximum absolute atomic E-state index is 12.5. The summed E-state index contributed by atoms with van der Waals surface area (Å²) in [6, 6.07) is 9.38. The van der Waals surface area contributed by atoms with E-state index in [0.29, 0.717) is 11.5 Å². The molecule has 6 heteroatoms. The van der Waals surface area contributed by atoms with Crippen molar-refractivity contribution in [1.82, 2.24) is 5.32 Å². The second kappa shape index (κ2) is 7.70. The number of nitrogens with one attached hydrogen (secondary N) is 1. The number of ether oxygens (including phenoxy) is 1. The molecule has 2 heterocycles. The van der Waals surface area contributed by atoms with Crippen molar-refractivity contribution in [1.29, 1.82) is 0 Å². The van der Waals surface area contributed by atoms with Crippen LogP contribution < -0.4 is 15.0 Å². The van der Waals surface area contributed by atoms with Crippen molar-refractivity contribution >= 4 is 17.5 Å². The van der Waals surface area contributed by atoms with E-state index in [-0.39, 0.29) is 42.2 Å². The van der Waals surface area contributed by atoms with E-state index in [1.807, 2.05) is 32.0 Å². The molecule has 2 amide bonds.